The molecule has 1 aliphatic rings. The predicted octanol–water partition coefficient (Wildman–Crippen LogP) is 4.18. The lowest BCUT2D eigenvalue weighted by Crippen LogP contribution is -2.43. The van der Waals surface area contributed by atoms with Gasteiger partial charge in [-0.25, -0.2) is 0 Å². The minimum absolute atomic E-state index is 0. The largest absolute Gasteiger partial charge is 0.497 e. The summed E-state index contributed by atoms with van der Waals surface area (Å²) in [6.45, 7) is 2.61. The molecule has 0 unspecified atom stereocenters. The van der Waals surface area contributed by atoms with Gasteiger partial charge in [0.25, 0.3) is 0 Å². The summed E-state index contributed by atoms with van der Waals surface area (Å²) >= 11 is 0. The molecule has 26 heavy (non-hydrogen) atoms. The molecule has 2 aromatic carbocycles. The second-order valence-electron chi connectivity index (χ2n) is 6.04. The van der Waals surface area contributed by atoms with Crippen LogP contribution in [0.15, 0.2) is 65.7 Å². The highest BCUT2D eigenvalue weighted by molar-refractivity contribution is 14.0. The lowest BCUT2D eigenvalue weighted by Gasteiger charge is -2.29. The fraction of sp³-hybridized carbons (Fsp3) is 0.286. The van der Waals surface area contributed by atoms with Gasteiger partial charge in [-0.05, 0) is 35.3 Å². The highest BCUT2D eigenvalue weighted by atomic mass is 127. The van der Waals surface area contributed by atoms with Gasteiger partial charge in [-0.3, -0.25) is 4.99 Å². The Morgan fingerprint density at radius 2 is 1.85 bits per heavy atom. The summed E-state index contributed by atoms with van der Waals surface area (Å²) in [6, 6.07) is 18.7. The van der Waals surface area contributed by atoms with Crippen molar-refractivity contribution in [1.82, 2.24) is 10.2 Å². The molecule has 138 valence electrons. The van der Waals surface area contributed by atoms with Crippen LogP contribution in [-0.4, -0.2) is 38.1 Å². The Kier molecular flexibility index (Phi) is 7.97. The number of nitrogens with one attached hydrogen (secondary N) is 1. The first kappa shape index (κ1) is 20.3. The third kappa shape index (κ3) is 5.24. The van der Waals surface area contributed by atoms with Crippen LogP contribution in [0.25, 0.3) is 5.57 Å². The van der Waals surface area contributed by atoms with Crippen molar-refractivity contribution >= 4 is 35.5 Å². The second kappa shape index (κ2) is 10.2. The van der Waals surface area contributed by atoms with E-state index in [9.17, 15) is 0 Å². The molecule has 1 N–H and O–H groups in total. The summed E-state index contributed by atoms with van der Waals surface area (Å²) in [6.07, 6.45) is 3.34. The maximum absolute atomic E-state index is 5.20. The van der Waals surface area contributed by atoms with E-state index < -0.39 is 0 Å². The van der Waals surface area contributed by atoms with Gasteiger partial charge in [-0.1, -0.05) is 48.5 Å². The first-order valence-corrected chi connectivity index (χ1v) is 8.63. The molecule has 0 aliphatic carbocycles. The first-order valence-electron chi connectivity index (χ1n) is 8.63. The van der Waals surface area contributed by atoms with Gasteiger partial charge in [-0.2, -0.15) is 0 Å². The van der Waals surface area contributed by atoms with Crippen LogP contribution < -0.4 is 10.1 Å². The Hall–Kier alpha value is -2.02. The predicted molar refractivity (Wildman–Crippen MR) is 119 cm³/mol. The van der Waals surface area contributed by atoms with Crippen LogP contribution in [-0.2, 0) is 6.54 Å². The standard InChI is InChI=1S/C21H25N3O.HI/c1-22-21(23-16-17-8-10-20(25-2)11-9-17)24-14-12-19(13-15-24)18-6-4-3-5-7-18;/h3-12H,13-16H2,1-2H3,(H,22,23);1H. The molecule has 5 heteroatoms. The zero-order chi connectivity index (χ0) is 17.5. The molecule has 2 aromatic rings. The number of ether oxygens (including phenoxy) is 1. The summed E-state index contributed by atoms with van der Waals surface area (Å²) in [5.41, 5.74) is 3.95. The average Bonchev–Trinajstić information content (AvgIpc) is 2.70. The summed E-state index contributed by atoms with van der Waals surface area (Å²) in [5, 5.41) is 3.45. The molecule has 3 rings (SSSR count). The maximum atomic E-state index is 5.20. The molecule has 0 fully saturated rings. The van der Waals surface area contributed by atoms with Crippen LogP contribution in [0.5, 0.6) is 5.75 Å². The van der Waals surface area contributed by atoms with E-state index in [1.165, 1.54) is 16.7 Å². The van der Waals surface area contributed by atoms with Crippen molar-refractivity contribution in [2.45, 2.75) is 13.0 Å². The zero-order valence-electron chi connectivity index (χ0n) is 15.3. The van der Waals surface area contributed by atoms with E-state index in [0.717, 1.165) is 37.8 Å². The third-order valence-electron chi connectivity index (χ3n) is 4.47. The van der Waals surface area contributed by atoms with Gasteiger partial charge in [-0.15, -0.1) is 24.0 Å². The molecular weight excluding hydrogens is 437 g/mol. The monoisotopic (exact) mass is 463 g/mol. The molecule has 0 amide bonds. The van der Waals surface area contributed by atoms with Gasteiger partial charge in [0.2, 0.25) is 0 Å². The van der Waals surface area contributed by atoms with E-state index >= 15 is 0 Å². The summed E-state index contributed by atoms with van der Waals surface area (Å²) in [4.78, 5) is 6.72. The molecule has 4 nitrogen and oxygen atoms in total. The average molecular weight is 463 g/mol. The highest BCUT2D eigenvalue weighted by Gasteiger charge is 2.15. The summed E-state index contributed by atoms with van der Waals surface area (Å²) < 4.78 is 5.20. The fourth-order valence-electron chi connectivity index (χ4n) is 3.03. The minimum Gasteiger partial charge on any atom is -0.497 e. The number of hydrogen-bond donors (Lipinski definition) is 1. The number of aliphatic imine (C=N–C) groups is 1. The second-order valence-corrected chi connectivity index (χ2v) is 6.04. The van der Waals surface area contributed by atoms with E-state index in [1.54, 1.807) is 7.11 Å². The first-order chi connectivity index (χ1) is 12.3. The van der Waals surface area contributed by atoms with Crippen molar-refractivity contribution in [2.24, 2.45) is 4.99 Å². The van der Waals surface area contributed by atoms with Crippen LogP contribution in [0.1, 0.15) is 17.5 Å². The molecule has 1 aliphatic heterocycles. The number of halogens is 1. The van der Waals surface area contributed by atoms with Crippen molar-refractivity contribution in [3.05, 3.63) is 71.8 Å². The maximum Gasteiger partial charge on any atom is 0.194 e. The topological polar surface area (TPSA) is 36.9 Å². The van der Waals surface area contributed by atoms with Crippen LogP contribution in [0.2, 0.25) is 0 Å². The minimum atomic E-state index is 0. The number of hydrogen-bond acceptors (Lipinski definition) is 2. The van der Waals surface area contributed by atoms with Crippen LogP contribution in [0.3, 0.4) is 0 Å². The summed E-state index contributed by atoms with van der Waals surface area (Å²) in [7, 11) is 3.52. The number of methoxy groups -OCH3 is 1. The molecule has 0 spiro atoms. The van der Waals surface area contributed by atoms with E-state index in [2.05, 4.69) is 63.7 Å². The normalized spacial score (nSPS) is 14.3. The summed E-state index contributed by atoms with van der Waals surface area (Å²) in [5.74, 6) is 1.82. The molecule has 0 saturated heterocycles. The Balaban J connectivity index is 0.00000243. The van der Waals surface area contributed by atoms with Crippen LogP contribution >= 0.6 is 24.0 Å². The number of benzene rings is 2. The molecule has 0 atom stereocenters. The van der Waals surface area contributed by atoms with Gasteiger partial charge < -0.3 is 15.0 Å². The van der Waals surface area contributed by atoms with Gasteiger partial charge in [0.1, 0.15) is 5.75 Å². The lowest BCUT2D eigenvalue weighted by atomic mass is 10.00. The van der Waals surface area contributed by atoms with Crippen LogP contribution in [0.4, 0.5) is 0 Å². The molecule has 0 radical (unpaired) electrons. The lowest BCUT2D eigenvalue weighted by molar-refractivity contribution is 0.414. The molecule has 1 heterocycles. The number of nitrogens with zero attached hydrogens (tertiary/aromatic N) is 2. The number of guanidine groups is 1. The smallest absolute Gasteiger partial charge is 0.194 e. The van der Waals surface area contributed by atoms with Gasteiger partial charge in [0, 0.05) is 26.7 Å². The molecule has 0 saturated carbocycles. The van der Waals surface area contributed by atoms with Crippen molar-refractivity contribution in [3.8, 4) is 5.75 Å². The molecule has 0 bridgehead atoms. The Bertz CT molecular complexity index is 742. The highest BCUT2D eigenvalue weighted by Crippen LogP contribution is 2.22. The van der Waals surface area contributed by atoms with Gasteiger partial charge in [0.05, 0.1) is 7.11 Å². The van der Waals surface area contributed by atoms with E-state index in [4.69, 9.17) is 4.74 Å². The Morgan fingerprint density at radius 3 is 2.42 bits per heavy atom. The third-order valence-corrected chi connectivity index (χ3v) is 4.47. The number of rotatable bonds is 4. The fourth-order valence-corrected chi connectivity index (χ4v) is 3.03. The van der Waals surface area contributed by atoms with Gasteiger partial charge in [0.15, 0.2) is 5.96 Å². The van der Waals surface area contributed by atoms with Crippen molar-refractivity contribution in [1.29, 1.82) is 0 Å². The Labute approximate surface area is 173 Å². The van der Waals surface area contributed by atoms with Gasteiger partial charge >= 0.3 is 0 Å². The van der Waals surface area contributed by atoms with E-state index in [0.29, 0.717) is 0 Å². The van der Waals surface area contributed by atoms with Crippen LogP contribution in [0, 0.1) is 0 Å². The van der Waals surface area contributed by atoms with E-state index in [-0.39, 0.29) is 24.0 Å². The zero-order valence-corrected chi connectivity index (χ0v) is 17.6. The SMILES string of the molecule is CN=C(NCc1ccc(OC)cc1)N1CC=C(c2ccccc2)CC1.I. The molecular formula is C21H26IN3O. The molecule has 0 aromatic heterocycles. The van der Waals surface area contributed by atoms with Crippen molar-refractivity contribution < 1.29 is 4.74 Å². The van der Waals surface area contributed by atoms with Crippen molar-refractivity contribution in [3.63, 3.8) is 0 Å². The van der Waals surface area contributed by atoms with Crippen molar-refractivity contribution in [2.75, 3.05) is 27.2 Å². The Morgan fingerprint density at radius 1 is 1.12 bits per heavy atom. The quantitative estimate of drug-likeness (QED) is 0.420. The van der Waals surface area contributed by atoms with E-state index in [1.807, 2.05) is 19.2 Å².